The number of nitrogens with one attached hydrogen (secondary N) is 2. The van der Waals surface area contributed by atoms with Gasteiger partial charge in [-0.25, -0.2) is 0 Å². The lowest BCUT2D eigenvalue weighted by atomic mass is 10.2. The molecule has 0 aliphatic carbocycles. The molecule has 3 rings (SSSR count). The van der Waals surface area contributed by atoms with Crippen LogP contribution >= 0.6 is 0 Å². The Morgan fingerprint density at radius 1 is 1.15 bits per heavy atom. The van der Waals surface area contributed by atoms with Crippen molar-refractivity contribution in [2.45, 2.75) is 0 Å². The molecule has 1 aromatic carbocycles. The second kappa shape index (κ2) is 5.79. The first-order valence-electron chi connectivity index (χ1n) is 6.71. The van der Waals surface area contributed by atoms with Crippen molar-refractivity contribution in [2.24, 2.45) is 0 Å². The number of H-pyrrole nitrogens is 1. The molecule has 1 aliphatic rings. The van der Waals surface area contributed by atoms with E-state index in [-0.39, 0.29) is 5.91 Å². The maximum absolute atomic E-state index is 12.1. The molecular formula is C15H17N3O2. The van der Waals surface area contributed by atoms with Crippen molar-refractivity contribution in [3.8, 4) is 0 Å². The maximum Gasteiger partial charge on any atom is 0.272 e. The van der Waals surface area contributed by atoms with E-state index in [2.05, 4.69) is 15.2 Å². The number of benzene rings is 1. The Kier molecular flexibility index (Phi) is 3.69. The SMILES string of the molecule is O=C(Nc1ccccc1N1CCOCC1)c1ccc[nH]1. The van der Waals surface area contributed by atoms with Crippen molar-refractivity contribution < 1.29 is 9.53 Å². The smallest absolute Gasteiger partial charge is 0.272 e. The summed E-state index contributed by atoms with van der Waals surface area (Å²) < 4.78 is 5.37. The van der Waals surface area contributed by atoms with E-state index in [4.69, 9.17) is 4.74 Å². The summed E-state index contributed by atoms with van der Waals surface area (Å²) in [5.41, 5.74) is 2.42. The van der Waals surface area contributed by atoms with Gasteiger partial charge in [0.1, 0.15) is 5.69 Å². The number of aromatic nitrogens is 1. The van der Waals surface area contributed by atoms with Gasteiger partial charge in [0.25, 0.3) is 5.91 Å². The number of ether oxygens (including phenoxy) is 1. The first kappa shape index (κ1) is 12.7. The van der Waals surface area contributed by atoms with Gasteiger partial charge in [0, 0.05) is 19.3 Å². The third kappa shape index (κ3) is 2.67. The number of anilines is 2. The van der Waals surface area contributed by atoms with Crippen LogP contribution in [0, 0.1) is 0 Å². The number of aromatic amines is 1. The lowest BCUT2D eigenvalue weighted by molar-refractivity contribution is 0.102. The average Bonchev–Trinajstić information content (AvgIpc) is 3.03. The van der Waals surface area contributed by atoms with Crippen LogP contribution in [0.4, 0.5) is 11.4 Å². The minimum atomic E-state index is -0.129. The summed E-state index contributed by atoms with van der Waals surface area (Å²) in [6, 6.07) is 11.4. The summed E-state index contributed by atoms with van der Waals surface area (Å²) in [7, 11) is 0. The Morgan fingerprint density at radius 2 is 1.95 bits per heavy atom. The van der Waals surface area contributed by atoms with E-state index in [0.717, 1.165) is 37.7 Å². The largest absolute Gasteiger partial charge is 0.378 e. The number of amides is 1. The Bertz CT molecular complexity index is 575. The standard InChI is InChI=1S/C15H17N3O2/c19-15(13-5-3-7-16-13)17-12-4-1-2-6-14(12)18-8-10-20-11-9-18/h1-7,16H,8-11H2,(H,17,19). The van der Waals surface area contributed by atoms with Gasteiger partial charge in [0.15, 0.2) is 0 Å². The summed E-state index contributed by atoms with van der Waals surface area (Å²) in [6.45, 7) is 3.13. The molecule has 1 fully saturated rings. The molecule has 1 aliphatic heterocycles. The molecule has 0 bridgehead atoms. The fourth-order valence-electron chi connectivity index (χ4n) is 2.32. The van der Waals surface area contributed by atoms with Gasteiger partial charge in [0.05, 0.1) is 24.6 Å². The minimum absolute atomic E-state index is 0.129. The topological polar surface area (TPSA) is 57.4 Å². The Balaban J connectivity index is 1.80. The van der Waals surface area contributed by atoms with Gasteiger partial charge in [0.2, 0.25) is 0 Å². The maximum atomic E-state index is 12.1. The molecule has 1 amide bonds. The van der Waals surface area contributed by atoms with Crippen LogP contribution in [0.25, 0.3) is 0 Å². The highest BCUT2D eigenvalue weighted by Crippen LogP contribution is 2.26. The van der Waals surface area contributed by atoms with Gasteiger partial charge in [-0.05, 0) is 24.3 Å². The van der Waals surface area contributed by atoms with E-state index >= 15 is 0 Å². The molecule has 2 N–H and O–H groups in total. The van der Waals surface area contributed by atoms with Crippen LogP contribution in [-0.2, 0) is 4.74 Å². The van der Waals surface area contributed by atoms with E-state index in [9.17, 15) is 4.79 Å². The van der Waals surface area contributed by atoms with Crippen molar-refractivity contribution in [2.75, 3.05) is 36.5 Å². The fraction of sp³-hybridized carbons (Fsp3) is 0.267. The summed E-state index contributed by atoms with van der Waals surface area (Å²) in [5, 5.41) is 2.96. The van der Waals surface area contributed by atoms with Crippen LogP contribution in [0.1, 0.15) is 10.5 Å². The molecule has 1 saturated heterocycles. The van der Waals surface area contributed by atoms with Gasteiger partial charge in [-0.1, -0.05) is 12.1 Å². The molecule has 20 heavy (non-hydrogen) atoms. The van der Waals surface area contributed by atoms with Crippen molar-refractivity contribution in [3.05, 3.63) is 48.3 Å². The molecular weight excluding hydrogens is 254 g/mol. The normalized spacial score (nSPS) is 15.1. The third-order valence-corrected chi connectivity index (χ3v) is 3.35. The van der Waals surface area contributed by atoms with E-state index in [1.807, 2.05) is 30.3 Å². The quantitative estimate of drug-likeness (QED) is 0.899. The van der Waals surface area contributed by atoms with Crippen LogP contribution in [-0.4, -0.2) is 37.2 Å². The number of carbonyl (C=O) groups excluding carboxylic acids is 1. The molecule has 0 saturated carbocycles. The summed E-state index contributed by atoms with van der Waals surface area (Å²) in [4.78, 5) is 17.3. The fourth-order valence-corrected chi connectivity index (χ4v) is 2.32. The molecule has 0 radical (unpaired) electrons. The van der Waals surface area contributed by atoms with E-state index in [1.165, 1.54) is 0 Å². The van der Waals surface area contributed by atoms with Crippen molar-refractivity contribution in [1.82, 2.24) is 4.98 Å². The van der Waals surface area contributed by atoms with Gasteiger partial charge >= 0.3 is 0 Å². The molecule has 0 unspecified atom stereocenters. The second-order valence-corrected chi connectivity index (χ2v) is 4.65. The Morgan fingerprint density at radius 3 is 2.70 bits per heavy atom. The molecule has 2 heterocycles. The van der Waals surface area contributed by atoms with Crippen LogP contribution in [0.2, 0.25) is 0 Å². The van der Waals surface area contributed by atoms with Crippen LogP contribution < -0.4 is 10.2 Å². The van der Waals surface area contributed by atoms with Gasteiger partial charge in [-0.3, -0.25) is 4.79 Å². The minimum Gasteiger partial charge on any atom is -0.378 e. The predicted molar refractivity (Wildman–Crippen MR) is 78.2 cm³/mol. The van der Waals surface area contributed by atoms with Crippen LogP contribution in [0.15, 0.2) is 42.6 Å². The van der Waals surface area contributed by atoms with Crippen molar-refractivity contribution >= 4 is 17.3 Å². The number of hydrogen-bond donors (Lipinski definition) is 2. The number of nitrogens with zero attached hydrogens (tertiary/aromatic N) is 1. The van der Waals surface area contributed by atoms with Crippen molar-refractivity contribution in [3.63, 3.8) is 0 Å². The first-order valence-corrected chi connectivity index (χ1v) is 6.71. The lowest BCUT2D eigenvalue weighted by Gasteiger charge is -2.30. The number of rotatable bonds is 3. The van der Waals surface area contributed by atoms with Crippen LogP contribution in [0.5, 0.6) is 0 Å². The van der Waals surface area contributed by atoms with Gasteiger partial charge in [-0.2, -0.15) is 0 Å². The summed E-state index contributed by atoms with van der Waals surface area (Å²) in [6.07, 6.45) is 1.74. The molecule has 2 aromatic rings. The number of morpholine rings is 1. The molecule has 104 valence electrons. The van der Waals surface area contributed by atoms with Gasteiger partial charge in [-0.15, -0.1) is 0 Å². The van der Waals surface area contributed by atoms with E-state index < -0.39 is 0 Å². The zero-order valence-corrected chi connectivity index (χ0v) is 11.1. The highest BCUT2D eigenvalue weighted by atomic mass is 16.5. The predicted octanol–water partition coefficient (Wildman–Crippen LogP) is 2.10. The zero-order valence-electron chi connectivity index (χ0n) is 11.1. The lowest BCUT2D eigenvalue weighted by Crippen LogP contribution is -2.36. The third-order valence-electron chi connectivity index (χ3n) is 3.35. The monoisotopic (exact) mass is 271 g/mol. The first-order chi connectivity index (χ1) is 9.84. The summed E-state index contributed by atoms with van der Waals surface area (Å²) >= 11 is 0. The number of carbonyl (C=O) groups is 1. The number of para-hydroxylation sites is 2. The van der Waals surface area contributed by atoms with Crippen LogP contribution in [0.3, 0.4) is 0 Å². The Labute approximate surface area is 117 Å². The molecule has 1 aromatic heterocycles. The number of hydrogen-bond acceptors (Lipinski definition) is 3. The van der Waals surface area contributed by atoms with Gasteiger partial charge < -0.3 is 19.9 Å². The highest BCUT2D eigenvalue weighted by molar-refractivity contribution is 6.04. The highest BCUT2D eigenvalue weighted by Gasteiger charge is 2.16. The summed E-state index contributed by atoms with van der Waals surface area (Å²) in [5.74, 6) is -0.129. The Hall–Kier alpha value is -2.27. The van der Waals surface area contributed by atoms with Crippen molar-refractivity contribution in [1.29, 1.82) is 0 Å². The van der Waals surface area contributed by atoms with E-state index in [0.29, 0.717) is 5.69 Å². The average molecular weight is 271 g/mol. The molecule has 0 spiro atoms. The second-order valence-electron chi connectivity index (χ2n) is 4.65. The molecule has 5 heteroatoms. The zero-order chi connectivity index (χ0) is 13.8. The van der Waals surface area contributed by atoms with E-state index in [1.54, 1.807) is 12.3 Å². The molecule has 5 nitrogen and oxygen atoms in total. The molecule has 0 atom stereocenters.